The Balaban J connectivity index is 0.00000272. The van der Waals surface area contributed by atoms with E-state index in [0.29, 0.717) is 26.2 Å². The van der Waals surface area contributed by atoms with Crippen LogP contribution in [0.2, 0.25) is 0 Å². The molecule has 0 saturated carbocycles. The lowest BCUT2D eigenvalue weighted by atomic mass is 10.2. The summed E-state index contributed by atoms with van der Waals surface area (Å²) in [4.78, 5) is 17.0. The van der Waals surface area contributed by atoms with Crippen molar-refractivity contribution in [2.45, 2.75) is 51.8 Å². The van der Waals surface area contributed by atoms with E-state index in [2.05, 4.69) is 20.7 Å². The van der Waals surface area contributed by atoms with Gasteiger partial charge in [0.2, 0.25) is 0 Å². The first-order chi connectivity index (χ1) is 14.7. The molecule has 4 rings (SSSR count). The fourth-order valence-electron chi connectivity index (χ4n) is 3.72. The Morgan fingerprint density at radius 3 is 2.90 bits per heavy atom. The van der Waals surface area contributed by atoms with E-state index in [1.54, 1.807) is 4.68 Å². The zero-order valence-corrected chi connectivity index (χ0v) is 20.2. The summed E-state index contributed by atoms with van der Waals surface area (Å²) >= 11 is 0. The largest absolute Gasteiger partial charge is 0.486 e. The summed E-state index contributed by atoms with van der Waals surface area (Å²) in [6.07, 6.45) is 3.74. The zero-order valence-electron chi connectivity index (χ0n) is 17.9. The number of aliphatic imine (C=N–C) groups is 1. The van der Waals surface area contributed by atoms with E-state index in [4.69, 9.17) is 9.47 Å². The maximum absolute atomic E-state index is 12.4. The van der Waals surface area contributed by atoms with Crippen LogP contribution in [0, 0.1) is 0 Å². The molecule has 31 heavy (non-hydrogen) atoms. The molecule has 2 aromatic rings. The summed E-state index contributed by atoms with van der Waals surface area (Å²) in [6, 6.07) is 7.68. The summed E-state index contributed by atoms with van der Waals surface area (Å²) in [6.45, 7) is 5.87. The van der Waals surface area contributed by atoms with Gasteiger partial charge in [-0.2, -0.15) is 5.10 Å². The molecule has 0 saturated heterocycles. The number of hydrogen-bond donors (Lipinski definition) is 2. The average molecular weight is 542 g/mol. The number of guanidine groups is 1. The van der Waals surface area contributed by atoms with E-state index in [0.717, 1.165) is 62.1 Å². The van der Waals surface area contributed by atoms with E-state index in [-0.39, 0.29) is 35.8 Å². The van der Waals surface area contributed by atoms with Crippen molar-refractivity contribution in [2.75, 3.05) is 26.2 Å². The molecular formula is C21H31IN6O3. The summed E-state index contributed by atoms with van der Waals surface area (Å²) in [5.74, 6) is 3.19. The van der Waals surface area contributed by atoms with Gasteiger partial charge in [-0.05, 0) is 38.3 Å². The predicted octanol–water partition coefficient (Wildman–Crippen LogP) is 1.78. The van der Waals surface area contributed by atoms with Crippen LogP contribution in [-0.2, 0) is 19.5 Å². The lowest BCUT2D eigenvalue weighted by molar-refractivity contribution is 0.0971. The lowest BCUT2D eigenvalue weighted by Gasteiger charge is -2.25. The van der Waals surface area contributed by atoms with Crippen molar-refractivity contribution >= 4 is 29.9 Å². The lowest BCUT2D eigenvalue weighted by Crippen LogP contribution is -2.40. The summed E-state index contributed by atoms with van der Waals surface area (Å²) < 4.78 is 15.1. The molecule has 2 aliphatic rings. The Morgan fingerprint density at radius 2 is 2.10 bits per heavy atom. The maximum atomic E-state index is 12.4. The summed E-state index contributed by atoms with van der Waals surface area (Å²) in [5.41, 5.74) is 0.0139. The maximum Gasteiger partial charge on any atom is 0.345 e. The Hall–Kier alpha value is -2.24. The van der Waals surface area contributed by atoms with Crippen LogP contribution in [0.5, 0.6) is 11.5 Å². The number of rotatable bonds is 7. The van der Waals surface area contributed by atoms with Gasteiger partial charge >= 0.3 is 5.69 Å². The van der Waals surface area contributed by atoms with Crippen LogP contribution in [0.15, 0.2) is 34.1 Å². The highest BCUT2D eigenvalue weighted by atomic mass is 127. The van der Waals surface area contributed by atoms with Gasteiger partial charge in [-0.25, -0.2) is 14.5 Å². The van der Waals surface area contributed by atoms with Gasteiger partial charge in [-0.15, -0.1) is 24.0 Å². The minimum absolute atomic E-state index is 0. The van der Waals surface area contributed by atoms with Crippen LogP contribution in [-0.4, -0.2) is 52.7 Å². The molecule has 1 atom stereocenters. The number of hydrogen-bond acceptors (Lipinski definition) is 5. The highest BCUT2D eigenvalue weighted by Gasteiger charge is 2.20. The van der Waals surface area contributed by atoms with Crippen LogP contribution >= 0.6 is 24.0 Å². The number of fused-ring (bicyclic) bond motifs is 2. The Kier molecular flexibility index (Phi) is 8.61. The quantitative estimate of drug-likeness (QED) is 0.240. The van der Waals surface area contributed by atoms with Gasteiger partial charge in [0.05, 0.1) is 6.54 Å². The van der Waals surface area contributed by atoms with Gasteiger partial charge in [0.15, 0.2) is 23.6 Å². The van der Waals surface area contributed by atoms with Crippen molar-refractivity contribution in [2.24, 2.45) is 4.99 Å². The molecular weight excluding hydrogens is 511 g/mol. The van der Waals surface area contributed by atoms with Crippen molar-refractivity contribution in [3.63, 3.8) is 0 Å². The van der Waals surface area contributed by atoms with Gasteiger partial charge in [0, 0.05) is 32.6 Å². The van der Waals surface area contributed by atoms with Crippen LogP contribution in [0.25, 0.3) is 0 Å². The molecule has 0 radical (unpaired) electrons. The normalized spacial score (nSPS) is 17.5. The molecule has 0 spiro atoms. The molecule has 0 amide bonds. The number of nitrogens with zero attached hydrogens (tertiary/aromatic N) is 4. The smallest absolute Gasteiger partial charge is 0.345 e. The van der Waals surface area contributed by atoms with E-state index in [1.807, 2.05) is 35.8 Å². The van der Waals surface area contributed by atoms with Crippen molar-refractivity contribution in [3.8, 4) is 11.5 Å². The fraction of sp³-hybridized carbons (Fsp3) is 0.571. The zero-order chi connectivity index (χ0) is 20.8. The number of aromatic nitrogens is 3. The molecule has 1 aromatic heterocycles. The number of ether oxygens (including phenoxy) is 2. The third-order valence-electron chi connectivity index (χ3n) is 5.24. The molecule has 10 heteroatoms. The van der Waals surface area contributed by atoms with Crippen LogP contribution in [0.3, 0.4) is 0 Å². The second kappa shape index (κ2) is 11.4. The second-order valence-corrected chi connectivity index (χ2v) is 7.53. The molecule has 0 aliphatic carbocycles. The van der Waals surface area contributed by atoms with Crippen molar-refractivity contribution in [3.05, 3.63) is 40.6 Å². The van der Waals surface area contributed by atoms with Gasteiger partial charge in [-0.1, -0.05) is 12.1 Å². The average Bonchev–Trinajstić information content (AvgIpc) is 3.10. The third kappa shape index (κ3) is 5.92. The Labute approximate surface area is 199 Å². The first-order valence-corrected chi connectivity index (χ1v) is 10.8. The van der Waals surface area contributed by atoms with E-state index in [1.165, 1.54) is 0 Å². The van der Waals surface area contributed by atoms with Crippen LogP contribution in [0.4, 0.5) is 0 Å². The SMILES string of the molecule is CCNC(=NCC1COc2ccccc2O1)NCCCn1nc2n(c1=O)CCCC2.I. The van der Waals surface area contributed by atoms with Gasteiger partial charge in [0.1, 0.15) is 12.4 Å². The predicted molar refractivity (Wildman–Crippen MR) is 130 cm³/mol. The first-order valence-electron chi connectivity index (χ1n) is 10.8. The monoisotopic (exact) mass is 542 g/mol. The molecule has 0 fully saturated rings. The van der Waals surface area contributed by atoms with E-state index >= 15 is 0 Å². The molecule has 0 bridgehead atoms. The number of aryl methyl sites for hydroxylation is 2. The Bertz CT molecular complexity index is 941. The second-order valence-electron chi connectivity index (χ2n) is 7.53. The van der Waals surface area contributed by atoms with Crippen LogP contribution < -0.4 is 25.8 Å². The van der Waals surface area contributed by atoms with Gasteiger partial charge in [-0.3, -0.25) is 4.57 Å². The fourth-order valence-corrected chi connectivity index (χ4v) is 3.72. The minimum Gasteiger partial charge on any atom is -0.486 e. The van der Waals surface area contributed by atoms with Gasteiger partial charge < -0.3 is 20.1 Å². The number of benzene rings is 1. The standard InChI is InChI=1S/C21H30N6O3.HI/c1-2-22-20(24-14-16-15-29-17-8-3-4-9-18(17)30-16)23-11-7-13-27-21(28)26-12-6-5-10-19(26)25-27;/h3-4,8-9,16H,2,5-7,10-15H2,1H3,(H2,22,23,24);1H. The van der Waals surface area contributed by atoms with E-state index < -0.39 is 0 Å². The minimum atomic E-state index is -0.120. The number of nitrogens with one attached hydrogen (secondary N) is 2. The Morgan fingerprint density at radius 1 is 1.26 bits per heavy atom. The molecule has 2 N–H and O–H groups in total. The van der Waals surface area contributed by atoms with Crippen molar-refractivity contribution in [1.82, 2.24) is 25.0 Å². The molecule has 3 heterocycles. The number of halogens is 1. The summed E-state index contributed by atoms with van der Waals surface area (Å²) in [5, 5.41) is 11.1. The molecule has 9 nitrogen and oxygen atoms in total. The van der Waals surface area contributed by atoms with Crippen molar-refractivity contribution < 1.29 is 9.47 Å². The first kappa shape index (κ1) is 23.4. The molecule has 1 aromatic carbocycles. The topological polar surface area (TPSA) is 94.7 Å². The summed E-state index contributed by atoms with van der Waals surface area (Å²) in [7, 11) is 0. The van der Waals surface area contributed by atoms with Crippen LogP contribution in [0.1, 0.15) is 32.0 Å². The molecule has 170 valence electrons. The third-order valence-corrected chi connectivity index (χ3v) is 5.24. The van der Waals surface area contributed by atoms with Gasteiger partial charge in [0.25, 0.3) is 0 Å². The highest BCUT2D eigenvalue weighted by molar-refractivity contribution is 14.0. The molecule has 1 unspecified atom stereocenters. The molecule has 2 aliphatic heterocycles. The van der Waals surface area contributed by atoms with E-state index in [9.17, 15) is 4.79 Å². The van der Waals surface area contributed by atoms with Crippen molar-refractivity contribution in [1.29, 1.82) is 0 Å². The highest BCUT2D eigenvalue weighted by Crippen LogP contribution is 2.30. The number of para-hydroxylation sites is 2.